The van der Waals surface area contributed by atoms with Crippen LogP contribution in [0.1, 0.15) is 38.8 Å². The van der Waals surface area contributed by atoms with Crippen molar-refractivity contribution in [1.82, 2.24) is 0 Å². The highest BCUT2D eigenvalue weighted by Gasteiger charge is 2.57. The number of rotatable bonds is 14. The van der Waals surface area contributed by atoms with Crippen LogP contribution in [0.5, 0.6) is 0 Å². The molecule has 0 N–H and O–H groups in total. The maximum absolute atomic E-state index is 12.3. The average molecular weight is 733 g/mol. The molecule has 1 aliphatic rings. The van der Waals surface area contributed by atoms with Gasteiger partial charge >= 0.3 is 5.97 Å². The van der Waals surface area contributed by atoms with E-state index in [2.05, 4.69) is 93.6 Å². The summed E-state index contributed by atoms with van der Waals surface area (Å²) >= 11 is 1.58. The first kappa shape index (κ1) is 37.7. The fraction of sp³-hybridized carbons (Fsp3) is 0.295. The summed E-state index contributed by atoms with van der Waals surface area (Å²) < 4.78 is 34.6. The first-order valence-corrected chi connectivity index (χ1v) is 20.6. The molecule has 0 aromatic heterocycles. The minimum absolute atomic E-state index is 0.00660. The first-order valence-electron chi connectivity index (χ1n) is 17.8. The van der Waals surface area contributed by atoms with Gasteiger partial charge in [-0.05, 0) is 38.7 Å². The van der Waals surface area contributed by atoms with Crippen LogP contribution < -0.4 is 10.4 Å². The molecular weight excluding hydrogens is 685 g/mol. The van der Waals surface area contributed by atoms with Gasteiger partial charge in [-0.1, -0.05) is 172 Å². The largest absolute Gasteiger partial charge is 0.463 e. The van der Waals surface area contributed by atoms with Gasteiger partial charge in [-0.15, -0.1) is 0 Å². The van der Waals surface area contributed by atoms with Crippen LogP contribution in [0.25, 0.3) is 0 Å². The lowest BCUT2D eigenvalue weighted by Crippen LogP contribution is -2.72. The Morgan fingerprint density at radius 3 is 1.54 bits per heavy atom. The predicted molar refractivity (Wildman–Crippen MR) is 210 cm³/mol. The van der Waals surface area contributed by atoms with Crippen molar-refractivity contribution >= 4 is 36.4 Å². The van der Waals surface area contributed by atoms with Gasteiger partial charge in [-0.3, -0.25) is 4.79 Å². The number of hydrogen-bond acceptors (Lipinski definition) is 7. The summed E-state index contributed by atoms with van der Waals surface area (Å²) in [7, 11) is -3.17. The van der Waals surface area contributed by atoms with Gasteiger partial charge in [-0.25, -0.2) is 0 Å². The molecule has 0 aliphatic carbocycles. The second-order valence-electron chi connectivity index (χ2n) is 14.0. The molecule has 6 nitrogen and oxygen atoms in total. The highest BCUT2D eigenvalue weighted by atomic mass is 32.2. The van der Waals surface area contributed by atoms with E-state index >= 15 is 0 Å². The van der Waals surface area contributed by atoms with E-state index in [1.807, 2.05) is 78.9 Å². The van der Waals surface area contributed by atoms with E-state index in [0.29, 0.717) is 13.2 Å². The molecule has 5 aromatic rings. The van der Waals surface area contributed by atoms with Gasteiger partial charge < -0.3 is 23.4 Å². The topological polar surface area (TPSA) is 63.2 Å². The Kier molecular flexibility index (Phi) is 12.8. The number of carbonyl (C=O) groups is 1. The summed E-state index contributed by atoms with van der Waals surface area (Å²) in [6.45, 7) is 8.89. The second kappa shape index (κ2) is 17.7. The van der Waals surface area contributed by atoms with Crippen LogP contribution in [0, 0.1) is 0 Å². The van der Waals surface area contributed by atoms with Crippen molar-refractivity contribution in [1.29, 1.82) is 0 Å². The molecule has 0 unspecified atom stereocenters. The van der Waals surface area contributed by atoms with Crippen LogP contribution in [0.3, 0.4) is 0 Å². The maximum Gasteiger partial charge on any atom is 0.302 e. The molecule has 0 saturated carbocycles. The third kappa shape index (κ3) is 9.12. The Labute approximate surface area is 313 Å². The number of ether oxygens (including phenoxy) is 4. The van der Waals surface area contributed by atoms with Gasteiger partial charge in [0.15, 0.2) is 0 Å². The number of benzene rings is 5. The number of thioether (sulfide) groups is 1. The van der Waals surface area contributed by atoms with Gasteiger partial charge in [0, 0.05) is 11.8 Å². The van der Waals surface area contributed by atoms with E-state index < -0.39 is 38.2 Å². The monoisotopic (exact) mass is 732 g/mol. The van der Waals surface area contributed by atoms with Crippen molar-refractivity contribution in [2.24, 2.45) is 0 Å². The van der Waals surface area contributed by atoms with Crippen molar-refractivity contribution in [3.63, 3.8) is 0 Å². The highest BCUT2D eigenvalue weighted by molar-refractivity contribution is 7.99. The van der Waals surface area contributed by atoms with E-state index in [0.717, 1.165) is 26.4 Å². The molecule has 270 valence electrons. The standard InChI is InChI=1S/C44H48O6SSi/c1-33(45)46-32-39-40(47-30-34-20-10-5-11-21-34)41(50-52(44(2,3)4,37-26-16-8-17-27-37)38-28-18-9-19-29-38)42(48-31-35-22-12-6-13-23-35)43(49-39)51-36-24-14-7-15-25-36/h5-29,39-43H,30-32H2,1-4H3/t39-,40-,41+,42+,43+/m1/s1. The summed E-state index contributed by atoms with van der Waals surface area (Å²) in [4.78, 5) is 13.3. The molecule has 0 radical (unpaired) electrons. The average Bonchev–Trinajstić information content (AvgIpc) is 3.16. The van der Waals surface area contributed by atoms with Crippen LogP contribution >= 0.6 is 11.8 Å². The van der Waals surface area contributed by atoms with E-state index in [9.17, 15) is 4.79 Å². The summed E-state index contributed by atoms with van der Waals surface area (Å²) in [5.41, 5.74) is 1.53. The van der Waals surface area contributed by atoms with E-state index in [1.54, 1.807) is 11.8 Å². The number of carbonyl (C=O) groups excluding carboxylic acids is 1. The molecule has 1 heterocycles. The van der Waals surface area contributed by atoms with Crippen molar-refractivity contribution in [2.75, 3.05) is 6.61 Å². The summed E-state index contributed by atoms with van der Waals surface area (Å²) in [5, 5.41) is 1.97. The second-order valence-corrected chi connectivity index (χ2v) is 19.5. The maximum atomic E-state index is 12.3. The smallest absolute Gasteiger partial charge is 0.302 e. The summed E-state index contributed by atoms with van der Waals surface area (Å²) in [5.74, 6) is -0.385. The van der Waals surface area contributed by atoms with Crippen LogP contribution in [-0.4, -0.2) is 50.7 Å². The third-order valence-electron chi connectivity index (χ3n) is 9.34. The third-order valence-corrected chi connectivity index (χ3v) is 15.5. The lowest BCUT2D eigenvalue weighted by Gasteiger charge is -2.52. The van der Waals surface area contributed by atoms with Crippen molar-refractivity contribution in [3.8, 4) is 0 Å². The lowest BCUT2D eigenvalue weighted by atomic mass is 9.99. The minimum Gasteiger partial charge on any atom is -0.463 e. The molecule has 1 aliphatic heterocycles. The van der Waals surface area contributed by atoms with Crippen molar-refractivity contribution in [3.05, 3.63) is 163 Å². The SMILES string of the molecule is CC(=O)OC[C@H]1O[C@@H](Sc2ccccc2)[C@@H](OCc2ccccc2)[C@@H](O[Si](c2ccccc2)(c2ccccc2)C(C)(C)C)[C@@H]1OCc1ccccc1. The zero-order valence-electron chi connectivity index (χ0n) is 30.3. The fourth-order valence-corrected chi connectivity index (χ4v) is 12.7. The Morgan fingerprint density at radius 2 is 1.08 bits per heavy atom. The Morgan fingerprint density at radius 1 is 0.635 bits per heavy atom. The molecule has 5 aromatic carbocycles. The highest BCUT2D eigenvalue weighted by Crippen LogP contribution is 2.43. The molecule has 8 heteroatoms. The Balaban J connectivity index is 1.53. The zero-order chi connectivity index (χ0) is 36.4. The molecule has 0 amide bonds. The summed E-state index contributed by atoms with van der Waals surface area (Å²) in [6, 6.07) is 51.6. The van der Waals surface area contributed by atoms with E-state index in [-0.39, 0.29) is 17.6 Å². The quantitative estimate of drug-likeness (QED) is 0.0844. The van der Waals surface area contributed by atoms with Crippen LogP contribution in [0.4, 0.5) is 0 Å². The number of hydrogen-bond donors (Lipinski definition) is 0. The first-order chi connectivity index (χ1) is 25.2. The Hall–Kier alpha value is -4.02. The molecule has 6 rings (SSSR count). The molecule has 0 spiro atoms. The summed E-state index contributed by atoms with van der Waals surface area (Å²) in [6.07, 6.45) is -2.51. The van der Waals surface area contributed by atoms with Crippen LogP contribution in [0.15, 0.2) is 157 Å². The molecule has 1 fully saturated rings. The van der Waals surface area contributed by atoms with Crippen molar-refractivity contribution in [2.45, 2.75) is 80.7 Å². The van der Waals surface area contributed by atoms with E-state index in [4.69, 9.17) is 23.4 Å². The molecular formula is C44H48O6SSi. The van der Waals surface area contributed by atoms with Gasteiger partial charge in [0.2, 0.25) is 0 Å². The van der Waals surface area contributed by atoms with Gasteiger partial charge in [0.25, 0.3) is 8.32 Å². The van der Waals surface area contributed by atoms with E-state index in [1.165, 1.54) is 6.92 Å². The van der Waals surface area contributed by atoms with Gasteiger partial charge in [0.05, 0.1) is 13.2 Å². The van der Waals surface area contributed by atoms with Crippen LogP contribution in [0.2, 0.25) is 5.04 Å². The Bertz CT molecular complexity index is 1770. The number of esters is 1. The predicted octanol–water partition coefficient (Wildman–Crippen LogP) is 8.18. The molecule has 1 saturated heterocycles. The zero-order valence-corrected chi connectivity index (χ0v) is 32.1. The fourth-order valence-electron chi connectivity index (χ4n) is 6.88. The normalized spacial score (nSPS) is 20.7. The lowest BCUT2D eigenvalue weighted by molar-refractivity contribution is -0.234. The van der Waals surface area contributed by atoms with Gasteiger partial charge in [0.1, 0.15) is 36.5 Å². The molecule has 5 atom stereocenters. The van der Waals surface area contributed by atoms with Gasteiger partial charge in [-0.2, -0.15) is 0 Å². The minimum atomic E-state index is -3.17. The molecule has 0 bridgehead atoms. The van der Waals surface area contributed by atoms with Crippen LogP contribution in [-0.2, 0) is 41.4 Å². The molecule has 52 heavy (non-hydrogen) atoms. The van der Waals surface area contributed by atoms with Crippen molar-refractivity contribution < 1.29 is 28.2 Å².